The quantitative estimate of drug-likeness (QED) is 0.698. The van der Waals surface area contributed by atoms with Crippen LogP contribution in [-0.2, 0) is 19.6 Å². The smallest absolute Gasteiger partial charge is 0.321 e. The van der Waals surface area contributed by atoms with Crippen molar-refractivity contribution < 1.29 is 17.9 Å². The van der Waals surface area contributed by atoms with Crippen LogP contribution < -0.4 is 0 Å². The van der Waals surface area contributed by atoms with Crippen LogP contribution in [-0.4, -0.2) is 43.1 Å². The molecule has 2 saturated carbocycles. The molecule has 2 aliphatic rings. The summed E-state index contributed by atoms with van der Waals surface area (Å²) < 4.78 is 31.5. The maximum atomic E-state index is 12.6. The second-order valence-electron chi connectivity index (χ2n) is 5.39. The summed E-state index contributed by atoms with van der Waals surface area (Å²) in [4.78, 5) is 11.6. The van der Waals surface area contributed by atoms with E-state index in [0.717, 1.165) is 44.9 Å². The van der Waals surface area contributed by atoms with Gasteiger partial charge in [0.2, 0.25) is 10.0 Å². The van der Waals surface area contributed by atoms with Crippen molar-refractivity contribution in [2.45, 2.75) is 63.2 Å². The van der Waals surface area contributed by atoms with Crippen LogP contribution in [0, 0.1) is 0 Å². The van der Waals surface area contributed by atoms with Gasteiger partial charge >= 0.3 is 5.97 Å². The van der Waals surface area contributed by atoms with E-state index >= 15 is 0 Å². The van der Waals surface area contributed by atoms with Gasteiger partial charge in [0.25, 0.3) is 0 Å². The van der Waals surface area contributed by atoms with E-state index in [-0.39, 0.29) is 17.8 Å². The lowest BCUT2D eigenvalue weighted by atomic mass is 10.0. The number of carbonyl (C=O) groups excluding carboxylic acids is 1. The fourth-order valence-electron chi connectivity index (χ4n) is 2.68. The molecule has 0 saturated heterocycles. The first kappa shape index (κ1) is 14.8. The molecule has 0 unspecified atom stereocenters. The molecule has 0 spiro atoms. The van der Waals surface area contributed by atoms with Gasteiger partial charge in [-0.1, -0.05) is 19.3 Å². The molecule has 0 heterocycles. The van der Waals surface area contributed by atoms with E-state index in [1.165, 1.54) is 4.31 Å². The van der Waals surface area contributed by atoms with Gasteiger partial charge in [0.15, 0.2) is 0 Å². The van der Waals surface area contributed by atoms with E-state index < -0.39 is 16.0 Å². The Bertz CT molecular complexity index is 410. The molecule has 19 heavy (non-hydrogen) atoms. The average Bonchev–Trinajstić information content (AvgIpc) is 3.21. The van der Waals surface area contributed by atoms with Crippen LogP contribution in [0.1, 0.15) is 51.9 Å². The van der Waals surface area contributed by atoms with Crippen LogP contribution in [0.15, 0.2) is 0 Å². The second-order valence-corrected chi connectivity index (χ2v) is 7.55. The van der Waals surface area contributed by atoms with Gasteiger partial charge in [-0.25, -0.2) is 8.42 Å². The zero-order valence-electron chi connectivity index (χ0n) is 11.5. The Hall–Kier alpha value is -0.620. The lowest BCUT2D eigenvalue weighted by Gasteiger charge is -2.29. The number of sulfonamides is 1. The minimum absolute atomic E-state index is 0.0244. The molecule has 110 valence electrons. The molecule has 0 aromatic carbocycles. The summed E-state index contributed by atoms with van der Waals surface area (Å²) in [5, 5.41) is -0.295. The van der Waals surface area contributed by atoms with Gasteiger partial charge in [0, 0.05) is 6.04 Å². The van der Waals surface area contributed by atoms with Crippen molar-refractivity contribution in [2.24, 2.45) is 0 Å². The van der Waals surface area contributed by atoms with E-state index in [9.17, 15) is 13.2 Å². The maximum absolute atomic E-state index is 12.6. The van der Waals surface area contributed by atoms with Gasteiger partial charge < -0.3 is 4.74 Å². The largest absolute Gasteiger partial charge is 0.465 e. The van der Waals surface area contributed by atoms with Crippen LogP contribution in [0.5, 0.6) is 0 Å². The van der Waals surface area contributed by atoms with Crippen LogP contribution in [0.25, 0.3) is 0 Å². The topological polar surface area (TPSA) is 63.7 Å². The minimum Gasteiger partial charge on any atom is -0.465 e. The van der Waals surface area contributed by atoms with Gasteiger partial charge in [-0.2, -0.15) is 4.31 Å². The highest BCUT2D eigenvalue weighted by atomic mass is 32.2. The highest BCUT2D eigenvalue weighted by Crippen LogP contribution is 2.34. The number of esters is 1. The predicted octanol–water partition coefficient (Wildman–Crippen LogP) is 1.68. The third-order valence-electron chi connectivity index (χ3n) is 3.84. The molecular weight excluding hydrogens is 266 g/mol. The first-order valence-electron chi connectivity index (χ1n) is 7.22. The summed E-state index contributed by atoms with van der Waals surface area (Å²) in [5.74, 6) is -0.436. The fourth-order valence-corrected chi connectivity index (χ4v) is 4.90. The number of hydrogen-bond acceptors (Lipinski definition) is 4. The van der Waals surface area contributed by atoms with Gasteiger partial charge in [-0.3, -0.25) is 4.79 Å². The number of rotatable bonds is 6. The van der Waals surface area contributed by atoms with Crippen molar-refractivity contribution in [1.29, 1.82) is 0 Å². The van der Waals surface area contributed by atoms with Crippen molar-refractivity contribution in [1.82, 2.24) is 4.31 Å². The van der Waals surface area contributed by atoms with Crippen LogP contribution in [0.2, 0.25) is 0 Å². The normalized spacial score (nSPS) is 21.6. The van der Waals surface area contributed by atoms with Crippen LogP contribution in [0.4, 0.5) is 0 Å². The van der Waals surface area contributed by atoms with Crippen molar-refractivity contribution in [3.63, 3.8) is 0 Å². The molecule has 0 amide bonds. The third kappa shape index (κ3) is 3.69. The van der Waals surface area contributed by atoms with E-state index in [0.29, 0.717) is 6.61 Å². The lowest BCUT2D eigenvalue weighted by Crippen LogP contribution is -2.44. The molecule has 6 heteroatoms. The Morgan fingerprint density at radius 2 is 1.79 bits per heavy atom. The standard InChI is InChI=1S/C13H23NO4S/c1-2-18-13(15)10-14(11-8-9-11)19(16,17)12-6-4-3-5-7-12/h11-12H,2-10H2,1H3. The summed E-state index contributed by atoms with van der Waals surface area (Å²) in [6, 6.07) is 0.0244. The SMILES string of the molecule is CCOC(=O)CN(C1CC1)S(=O)(=O)C1CCCCC1. The Morgan fingerprint density at radius 3 is 2.32 bits per heavy atom. The molecule has 5 nitrogen and oxygen atoms in total. The van der Waals surface area contributed by atoms with Crippen molar-refractivity contribution in [3.8, 4) is 0 Å². The number of hydrogen-bond donors (Lipinski definition) is 0. The first-order valence-corrected chi connectivity index (χ1v) is 8.72. The van der Waals surface area contributed by atoms with E-state index in [2.05, 4.69) is 0 Å². The molecule has 0 radical (unpaired) electrons. The lowest BCUT2D eigenvalue weighted by molar-refractivity contribution is -0.143. The Labute approximate surface area is 115 Å². The number of nitrogens with zero attached hydrogens (tertiary/aromatic N) is 1. The molecule has 2 aliphatic carbocycles. The maximum Gasteiger partial charge on any atom is 0.321 e. The van der Waals surface area contributed by atoms with Crippen LogP contribution in [0.3, 0.4) is 0 Å². The number of ether oxygens (including phenoxy) is 1. The average molecular weight is 289 g/mol. The highest BCUT2D eigenvalue weighted by molar-refractivity contribution is 7.89. The molecular formula is C13H23NO4S. The van der Waals surface area contributed by atoms with E-state index in [1.54, 1.807) is 6.92 Å². The second kappa shape index (κ2) is 6.22. The summed E-state index contributed by atoms with van der Waals surface area (Å²) in [5.41, 5.74) is 0. The monoisotopic (exact) mass is 289 g/mol. The predicted molar refractivity (Wildman–Crippen MR) is 72.2 cm³/mol. The Kier molecular flexibility index (Phi) is 4.84. The molecule has 0 aromatic heterocycles. The minimum atomic E-state index is -3.34. The third-order valence-corrected chi connectivity index (χ3v) is 6.24. The van der Waals surface area contributed by atoms with Crippen molar-refractivity contribution >= 4 is 16.0 Å². The van der Waals surface area contributed by atoms with Crippen LogP contribution >= 0.6 is 0 Å². The summed E-state index contributed by atoms with van der Waals surface area (Å²) >= 11 is 0. The van der Waals surface area contributed by atoms with Crippen molar-refractivity contribution in [2.75, 3.05) is 13.2 Å². The van der Waals surface area contributed by atoms with Gasteiger partial charge in [-0.05, 0) is 32.6 Å². The molecule has 0 atom stereocenters. The summed E-state index contributed by atoms with van der Waals surface area (Å²) in [6.07, 6.45) is 6.26. The molecule has 0 aliphatic heterocycles. The fraction of sp³-hybridized carbons (Fsp3) is 0.923. The first-order chi connectivity index (χ1) is 9.05. The van der Waals surface area contributed by atoms with E-state index in [4.69, 9.17) is 4.74 Å². The Balaban J connectivity index is 2.06. The van der Waals surface area contributed by atoms with Gasteiger partial charge in [0.1, 0.15) is 6.54 Å². The number of carbonyl (C=O) groups is 1. The summed E-state index contributed by atoms with van der Waals surface area (Å²) in [7, 11) is -3.34. The molecule has 0 bridgehead atoms. The van der Waals surface area contributed by atoms with Crippen molar-refractivity contribution in [3.05, 3.63) is 0 Å². The zero-order valence-corrected chi connectivity index (χ0v) is 12.3. The van der Waals surface area contributed by atoms with Gasteiger partial charge in [-0.15, -0.1) is 0 Å². The van der Waals surface area contributed by atoms with E-state index in [1.807, 2.05) is 0 Å². The molecule has 0 aromatic rings. The highest BCUT2D eigenvalue weighted by Gasteiger charge is 2.42. The Morgan fingerprint density at radius 1 is 1.16 bits per heavy atom. The molecule has 0 N–H and O–H groups in total. The zero-order chi connectivity index (χ0) is 13.9. The molecule has 2 rings (SSSR count). The molecule has 2 fully saturated rings. The summed E-state index contributed by atoms with van der Waals surface area (Å²) in [6.45, 7) is 1.91. The van der Waals surface area contributed by atoms with Gasteiger partial charge in [0.05, 0.1) is 11.9 Å².